The molecule has 3 rings (SSSR count). The summed E-state index contributed by atoms with van der Waals surface area (Å²) in [6.45, 7) is 2.60. The maximum absolute atomic E-state index is 13.0. The van der Waals surface area contributed by atoms with E-state index in [4.69, 9.17) is 0 Å². The fourth-order valence-corrected chi connectivity index (χ4v) is 3.29. The molecular formula is C21H19FN2OS. The highest BCUT2D eigenvalue weighted by Crippen LogP contribution is 2.24. The van der Waals surface area contributed by atoms with Crippen LogP contribution in [0.5, 0.6) is 0 Å². The molecule has 0 radical (unpaired) electrons. The lowest BCUT2D eigenvalue weighted by atomic mass is 10.1. The Morgan fingerprint density at radius 2 is 1.92 bits per heavy atom. The van der Waals surface area contributed by atoms with Crippen LogP contribution in [0.25, 0.3) is 16.6 Å². The van der Waals surface area contributed by atoms with Crippen molar-refractivity contribution in [3.63, 3.8) is 0 Å². The standard InChI is InChI=1S/C21H19FN2OS/c1-15-5-3-4-6-17(15)13-24(2)20(25)12-11-19-14-26-21(23-19)16-7-9-18(22)10-8-16/h3-12,14H,13H2,1-2H3/b12-11+. The second-order valence-electron chi connectivity index (χ2n) is 6.04. The molecule has 0 bridgehead atoms. The van der Waals surface area contributed by atoms with Crippen LogP contribution in [0, 0.1) is 12.7 Å². The molecule has 1 heterocycles. The van der Waals surface area contributed by atoms with Gasteiger partial charge in [0.1, 0.15) is 10.8 Å². The molecule has 1 amide bonds. The molecule has 0 N–H and O–H groups in total. The van der Waals surface area contributed by atoms with E-state index < -0.39 is 0 Å². The van der Waals surface area contributed by atoms with E-state index in [1.54, 1.807) is 30.2 Å². The Morgan fingerprint density at radius 1 is 1.19 bits per heavy atom. The van der Waals surface area contributed by atoms with E-state index in [-0.39, 0.29) is 11.7 Å². The average molecular weight is 366 g/mol. The van der Waals surface area contributed by atoms with Crippen molar-refractivity contribution in [3.05, 3.63) is 82.6 Å². The number of rotatable bonds is 5. The van der Waals surface area contributed by atoms with Gasteiger partial charge in [-0.15, -0.1) is 11.3 Å². The molecule has 0 atom stereocenters. The zero-order chi connectivity index (χ0) is 18.5. The molecule has 132 valence electrons. The third kappa shape index (κ3) is 4.43. The molecule has 0 fully saturated rings. The van der Waals surface area contributed by atoms with Gasteiger partial charge in [0.15, 0.2) is 0 Å². The lowest BCUT2D eigenvalue weighted by molar-refractivity contribution is -0.125. The first kappa shape index (κ1) is 18.0. The van der Waals surface area contributed by atoms with Crippen LogP contribution in [0.3, 0.4) is 0 Å². The molecule has 0 aliphatic rings. The molecule has 0 spiro atoms. The van der Waals surface area contributed by atoms with E-state index in [2.05, 4.69) is 4.98 Å². The molecule has 5 heteroatoms. The predicted octanol–water partition coefficient (Wildman–Crippen LogP) is 4.93. The molecule has 3 aromatic rings. The second kappa shape index (κ2) is 8.06. The summed E-state index contributed by atoms with van der Waals surface area (Å²) in [5, 5.41) is 2.68. The van der Waals surface area contributed by atoms with Crippen molar-refractivity contribution >= 4 is 23.3 Å². The SMILES string of the molecule is Cc1ccccc1CN(C)C(=O)/C=C/c1csc(-c2ccc(F)cc2)n1. The number of benzene rings is 2. The number of hydrogen-bond acceptors (Lipinski definition) is 3. The fourth-order valence-electron chi connectivity index (χ4n) is 2.49. The minimum atomic E-state index is -0.271. The van der Waals surface area contributed by atoms with Crippen molar-refractivity contribution in [2.24, 2.45) is 0 Å². The van der Waals surface area contributed by atoms with Gasteiger partial charge in [-0.25, -0.2) is 9.37 Å². The molecule has 0 aliphatic heterocycles. The number of carbonyl (C=O) groups is 1. The largest absolute Gasteiger partial charge is 0.338 e. The number of hydrogen-bond donors (Lipinski definition) is 0. The van der Waals surface area contributed by atoms with E-state index >= 15 is 0 Å². The Labute approximate surface area is 156 Å². The lowest BCUT2D eigenvalue weighted by Gasteiger charge is -2.16. The minimum Gasteiger partial charge on any atom is -0.338 e. The van der Waals surface area contributed by atoms with Crippen molar-refractivity contribution in [2.75, 3.05) is 7.05 Å². The third-order valence-corrected chi connectivity index (χ3v) is 4.96. The highest BCUT2D eigenvalue weighted by molar-refractivity contribution is 7.13. The average Bonchev–Trinajstić information content (AvgIpc) is 3.11. The number of nitrogens with zero attached hydrogens (tertiary/aromatic N) is 2. The molecule has 1 aromatic heterocycles. The normalized spacial score (nSPS) is 11.0. The first-order valence-electron chi connectivity index (χ1n) is 8.22. The van der Waals surface area contributed by atoms with Crippen molar-refractivity contribution in [2.45, 2.75) is 13.5 Å². The van der Waals surface area contributed by atoms with Gasteiger partial charge in [-0.1, -0.05) is 24.3 Å². The summed E-state index contributed by atoms with van der Waals surface area (Å²) >= 11 is 1.46. The van der Waals surface area contributed by atoms with Crippen LogP contribution in [0.2, 0.25) is 0 Å². The molecular weight excluding hydrogens is 347 g/mol. The monoisotopic (exact) mass is 366 g/mol. The summed E-state index contributed by atoms with van der Waals surface area (Å²) in [4.78, 5) is 18.5. The molecule has 0 saturated heterocycles. The Bertz CT molecular complexity index is 931. The van der Waals surface area contributed by atoms with Gasteiger partial charge in [0.25, 0.3) is 0 Å². The van der Waals surface area contributed by atoms with Gasteiger partial charge >= 0.3 is 0 Å². The number of thiazole rings is 1. The topological polar surface area (TPSA) is 33.2 Å². The molecule has 3 nitrogen and oxygen atoms in total. The van der Waals surface area contributed by atoms with E-state index in [1.807, 2.05) is 36.6 Å². The van der Waals surface area contributed by atoms with Crippen molar-refractivity contribution < 1.29 is 9.18 Å². The van der Waals surface area contributed by atoms with Crippen LogP contribution < -0.4 is 0 Å². The van der Waals surface area contributed by atoms with Gasteiger partial charge in [-0.05, 0) is 48.4 Å². The van der Waals surface area contributed by atoms with Crippen LogP contribution >= 0.6 is 11.3 Å². The molecule has 26 heavy (non-hydrogen) atoms. The quantitative estimate of drug-likeness (QED) is 0.600. The number of aromatic nitrogens is 1. The predicted molar refractivity (Wildman–Crippen MR) is 104 cm³/mol. The van der Waals surface area contributed by atoms with Gasteiger partial charge in [-0.2, -0.15) is 0 Å². The van der Waals surface area contributed by atoms with E-state index in [0.717, 1.165) is 16.1 Å². The summed E-state index contributed by atoms with van der Waals surface area (Å²) in [7, 11) is 1.78. The number of aryl methyl sites for hydroxylation is 1. The van der Waals surface area contributed by atoms with Crippen molar-refractivity contribution in [1.29, 1.82) is 0 Å². The van der Waals surface area contributed by atoms with Crippen LogP contribution in [-0.4, -0.2) is 22.8 Å². The van der Waals surface area contributed by atoms with Crippen LogP contribution in [0.4, 0.5) is 4.39 Å². The Hall–Kier alpha value is -2.79. The Balaban J connectivity index is 1.65. The van der Waals surface area contributed by atoms with Crippen molar-refractivity contribution in [1.82, 2.24) is 9.88 Å². The van der Waals surface area contributed by atoms with Crippen molar-refractivity contribution in [3.8, 4) is 10.6 Å². The summed E-state index contributed by atoms with van der Waals surface area (Å²) in [5.74, 6) is -0.350. The van der Waals surface area contributed by atoms with Gasteiger partial charge in [0.2, 0.25) is 5.91 Å². The number of carbonyl (C=O) groups excluding carboxylic acids is 1. The zero-order valence-corrected chi connectivity index (χ0v) is 15.5. The third-order valence-electron chi connectivity index (χ3n) is 4.05. The smallest absolute Gasteiger partial charge is 0.246 e. The number of halogens is 1. The van der Waals surface area contributed by atoms with E-state index in [0.29, 0.717) is 12.2 Å². The first-order chi connectivity index (χ1) is 12.5. The maximum Gasteiger partial charge on any atom is 0.246 e. The Morgan fingerprint density at radius 3 is 2.65 bits per heavy atom. The Kier molecular flexibility index (Phi) is 5.58. The summed E-state index contributed by atoms with van der Waals surface area (Å²) < 4.78 is 13.0. The lowest BCUT2D eigenvalue weighted by Crippen LogP contribution is -2.24. The van der Waals surface area contributed by atoms with Crippen LogP contribution in [-0.2, 0) is 11.3 Å². The highest BCUT2D eigenvalue weighted by atomic mass is 32.1. The van der Waals surface area contributed by atoms with Gasteiger partial charge < -0.3 is 4.90 Å². The first-order valence-corrected chi connectivity index (χ1v) is 9.10. The molecule has 0 unspecified atom stereocenters. The van der Waals surface area contributed by atoms with Gasteiger partial charge in [0.05, 0.1) is 5.69 Å². The van der Waals surface area contributed by atoms with E-state index in [9.17, 15) is 9.18 Å². The summed E-state index contributed by atoms with van der Waals surface area (Å²) in [5.41, 5.74) is 3.87. The van der Waals surface area contributed by atoms with Gasteiger partial charge in [-0.3, -0.25) is 4.79 Å². The highest BCUT2D eigenvalue weighted by Gasteiger charge is 2.08. The van der Waals surface area contributed by atoms with Crippen LogP contribution in [0.1, 0.15) is 16.8 Å². The summed E-state index contributed by atoms with van der Waals surface area (Å²) in [6, 6.07) is 14.2. The maximum atomic E-state index is 13.0. The molecule has 0 aliphatic carbocycles. The second-order valence-corrected chi connectivity index (χ2v) is 6.90. The van der Waals surface area contributed by atoms with E-state index in [1.165, 1.54) is 35.1 Å². The van der Waals surface area contributed by atoms with Gasteiger partial charge in [0, 0.05) is 30.6 Å². The van der Waals surface area contributed by atoms with Crippen LogP contribution in [0.15, 0.2) is 60.0 Å². The summed E-state index contributed by atoms with van der Waals surface area (Å²) in [6.07, 6.45) is 3.24. The number of amides is 1. The molecule has 2 aromatic carbocycles. The molecule has 0 saturated carbocycles. The number of likely N-dealkylation sites (N-methyl/N-ethyl adjacent to an activating group) is 1. The minimum absolute atomic E-state index is 0.0791. The fraction of sp³-hybridized carbons (Fsp3) is 0.143. The zero-order valence-electron chi connectivity index (χ0n) is 14.6.